The Bertz CT molecular complexity index is 524. The number of hydrogen-bond donors (Lipinski definition) is 1. The maximum atomic E-state index is 13.6. The number of rotatable bonds is 3. The highest BCUT2D eigenvalue weighted by atomic mass is 79.9. The Balaban J connectivity index is 2.15. The summed E-state index contributed by atoms with van der Waals surface area (Å²) in [7, 11) is 0. The third kappa shape index (κ3) is 2.96. The predicted molar refractivity (Wildman–Crippen MR) is 68.2 cm³/mol. The van der Waals surface area contributed by atoms with Gasteiger partial charge in [-0.3, -0.25) is 0 Å². The zero-order valence-corrected chi connectivity index (χ0v) is 11.0. The number of furan rings is 1. The zero-order chi connectivity index (χ0) is 12.4. The Morgan fingerprint density at radius 1 is 1.41 bits per heavy atom. The lowest BCUT2D eigenvalue weighted by atomic mass is 10.0. The van der Waals surface area contributed by atoms with E-state index < -0.39 is 0 Å². The lowest BCUT2D eigenvalue weighted by Crippen LogP contribution is -2.13. The van der Waals surface area contributed by atoms with E-state index >= 15 is 0 Å². The van der Waals surface area contributed by atoms with Crippen LogP contribution in [0.5, 0.6) is 0 Å². The Morgan fingerprint density at radius 3 is 2.76 bits per heavy atom. The molecule has 0 fully saturated rings. The molecule has 0 saturated heterocycles. The molecule has 2 rings (SSSR count). The van der Waals surface area contributed by atoms with Gasteiger partial charge in [0.2, 0.25) is 0 Å². The van der Waals surface area contributed by atoms with Gasteiger partial charge >= 0.3 is 0 Å². The summed E-state index contributed by atoms with van der Waals surface area (Å²) in [5.74, 6) is 0.571. The minimum Gasteiger partial charge on any atom is -0.469 e. The molecule has 0 aliphatic rings. The van der Waals surface area contributed by atoms with Gasteiger partial charge < -0.3 is 10.2 Å². The first-order valence-corrected chi connectivity index (χ1v) is 6.10. The number of aryl methyl sites for hydroxylation is 1. The molecule has 0 aliphatic heterocycles. The van der Waals surface area contributed by atoms with E-state index in [1.54, 1.807) is 12.3 Å². The van der Waals surface area contributed by atoms with Crippen LogP contribution in [0.3, 0.4) is 0 Å². The van der Waals surface area contributed by atoms with Crippen molar-refractivity contribution in [3.8, 4) is 0 Å². The van der Waals surface area contributed by atoms with Crippen LogP contribution in [0.25, 0.3) is 0 Å². The van der Waals surface area contributed by atoms with Crippen LogP contribution in [0.15, 0.2) is 39.4 Å². The first-order valence-electron chi connectivity index (χ1n) is 5.31. The van der Waals surface area contributed by atoms with Gasteiger partial charge in [-0.15, -0.1) is 0 Å². The topological polar surface area (TPSA) is 39.2 Å². The van der Waals surface area contributed by atoms with Gasteiger partial charge in [0.15, 0.2) is 0 Å². The number of nitrogens with two attached hydrogens (primary N) is 1. The molecule has 1 aromatic heterocycles. The quantitative estimate of drug-likeness (QED) is 0.937. The highest BCUT2D eigenvalue weighted by Gasteiger charge is 2.12. The van der Waals surface area contributed by atoms with Crippen molar-refractivity contribution >= 4 is 15.9 Å². The molecule has 0 bridgehead atoms. The molecule has 17 heavy (non-hydrogen) atoms. The van der Waals surface area contributed by atoms with Crippen LogP contribution < -0.4 is 5.73 Å². The van der Waals surface area contributed by atoms with E-state index in [-0.39, 0.29) is 11.9 Å². The van der Waals surface area contributed by atoms with Gasteiger partial charge in [-0.2, -0.15) is 0 Å². The van der Waals surface area contributed by atoms with E-state index in [4.69, 9.17) is 10.2 Å². The Morgan fingerprint density at radius 2 is 2.18 bits per heavy atom. The summed E-state index contributed by atoms with van der Waals surface area (Å²) in [5, 5.41) is 0. The van der Waals surface area contributed by atoms with Crippen molar-refractivity contribution in [3.63, 3.8) is 0 Å². The fourth-order valence-corrected chi connectivity index (χ4v) is 2.03. The van der Waals surface area contributed by atoms with Crippen molar-refractivity contribution in [1.82, 2.24) is 0 Å². The summed E-state index contributed by atoms with van der Waals surface area (Å²) in [4.78, 5) is 0. The molecule has 0 amide bonds. The van der Waals surface area contributed by atoms with E-state index in [0.717, 1.165) is 15.8 Å². The number of halogens is 2. The average Bonchev–Trinajstić information content (AvgIpc) is 2.69. The fourth-order valence-electron chi connectivity index (χ4n) is 1.70. The van der Waals surface area contributed by atoms with Crippen molar-refractivity contribution in [2.45, 2.75) is 19.4 Å². The van der Waals surface area contributed by atoms with Gasteiger partial charge in [0, 0.05) is 16.1 Å². The van der Waals surface area contributed by atoms with Gasteiger partial charge in [0.1, 0.15) is 11.6 Å². The van der Waals surface area contributed by atoms with Crippen LogP contribution in [-0.4, -0.2) is 0 Å². The molecule has 0 radical (unpaired) electrons. The summed E-state index contributed by atoms with van der Waals surface area (Å²) >= 11 is 3.22. The van der Waals surface area contributed by atoms with Gasteiger partial charge in [-0.1, -0.05) is 22.0 Å². The molecular formula is C13H13BrFNO. The molecule has 1 heterocycles. The molecule has 2 N–H and O–H groups in total. The minimum atomic E-state index is -0.247. The molecule has 0 saturated carbocycles. The minimum absolute atomic E-state index is 0.241. The van der Waals surface area contributed by atoms with Crippen LogP contribution in [0, 0.1) is 12.7 Å². The van der Waals surface area contributed by atoms with E-state index in [2.05, 4.69) is 15.9 Å². The van der Waals surface area contributed by atoms with Crippen LogP contribution >= 0.6 is 15.9 Å². The summed E-state index contributed by atoms with van der Waals surface area (Å²) in [6.07, 6.45) is 2.08. The van der Waals surface area contributed by atoms with Gasteiger partial charge in [-0.05, 0) is 37.1 Å². The lowest BCUT2D eigenvalue weighted by Gasteiger charge is -2.10. The molecule has 0 aliphatic carbocycles. The normalized spacial score (nSPS) is 12.7. The second-order valence-corrected chi connectivity index (χ2v) is 4.95. The average molecular weight is 298 g/mol. The highest BCUT2D eigenvalue weighted by Crippen LogP contribution is 2.22. The molecule has 2 nitrogen and oxygen atoms in total. The third-order valence-electron chi connectivity index (χ3n) is 2.63. The van der Waals surface area contributed by atoms with Crippen molar-refractivity contribution in [1.29, 1.82) is 0 Å². The van der Waals surface area contributed by atoms with Gasteiger partial charge in [-0.25, -0.2) is 4.39 Å². The molecule has 0 spiro atoms. The van der Waals surface area contributed by atoms with E-state index in [1.165, 1.54) is 6.07 Å². The standard InChI is InChI=1S/C13H13BrFNO/c1-8-4-10(7-17-8)13(16)5-9-2-3-11(14)6-12(9)15/h2-4,6-7,13H,5,16H2,1H3. The molecular weight excluding hydrogens is 285 g/mol. The SMILES string of the molecule is Cc1cc(C(N)Cc2ccc(Br)cc2F)co1. The Kier molecular flexibility index (Phi) is 3.64. The van der Waals surface area contributed by atoms with Crippen LogP contribution in [0.4, 0.5) is 4.39 Å². The van der Waals surface area contributed by atoms with Crippen LogP contribution in [0.1, 0.15) is 22.9 Å². The van der Waals surface area contributed by atoms with E-state index in [1.807, 2.05) is 19.1 Å². The maximum Gasteiger partial charge on any atom is 0.127 e. The maximum absolute atomic E-state index is 13.6. The van der Waals surface area contributed by atoms with Crippen LogP contribution in [-0.2, 0) is 6.42 Å². The molecule has 1 atom stereocenters. The molecule has 90 valence electrons. The molecule has 1 aromatic carbocycles. The van der Waals surface area contributed by atoms with Gasteiger partial charge in [0.25, 0.3) is 0 Å². The Hall–Kier alpha value is -1.13. The first-order chi connectivity index (χ1) is 8.06. The molecule has 2 aromatic rings. The smallest absolute Gasteiger partial charge is 0.127 e. The lowest BCUT2D eigenvalue weighted by molar-refractivity contribution is 0.527. The predicted octanol–water partition coefficient (Wildman–Crippen LogP) is 3.73. The zero-order valence-electron chi connectivity index (χ0n) is 9.41. The second kappa shape index (κ2) is 5.02. The van der Waals surface area contributed by atoms with E-state index in [0.29, 0.717) is 12.0 Å². The number of hydrogen-bond acceptors (Lipinski definition) is 2. The van der Waals surface area contributed by atoms with Gasteiger partial charge in [0.05, 0.1) is 6.26 Å². The summed E-state index contributed by atoms with van der Waals surface area (Å²) in [5.41, 5.74) is 7.51. The third-order valence-corrected chi connectivity index (χ3v) is 3.13. The second-order valence-electron chi connectivity index (χ2n) is 4.04. The summed E-state index contributed by atoms with van der Waals surface area (Å²) < 4.78 is 19.5. The van der Waals surface area contributed by atoms with Crippen molar-refractivity contribution < 1.29 is 8.81 Å². The monoisotopic (exact) mass is 297 g/mol. The summed E-state index contributed by atoms with van der Waals surface area (Å²) in [6, 6.07) is 6.63. The Labute approximate surface area is 108 Å². The van der Waals surface area contributed by atoms with Crippen molar-refractivity contribution in [2.75, 3.05) is 0 Å². The van der Waals surface area contributed by atoms with Crippen LogP contribution in [0.2, 0.25) is 0 Å². The van der Waals surface area contributed by atoms with E-state index in [9.17, 15) is 4.39 Å². The summed E-state index contributed by atoms with van der Waals surface area (Å²) in [6.45, 7) is 1.86. The largest absolute Gasteiger partial charge is 0.469 e. The fraction of sp³-hybridized carbons (Fsp3) is 0.231. The highest BCUT2D eigenvalue weighted by molar-refractivity contribution is 9.10. The van der Waals surface area contributed by atoms with Crippen molar-refractivity contribution in [2.24, 2.45) is 5.73 Å². The first kappa shape index (κ1) is 12.3. The van der Waals surface area contributed by atoms with Crippen molar-refractivity contribution in [3.05, 3.63) is 57.7 Å². The molecule has 1 unspecified atom stereocenters. The number of benzene rings is 1. The molecule has 4 heteroatoms.